The molecule has 1 atom stereocenters. The molecule has 0 saturated heterocycles. The summed E-state index contributed by atoms with van der Waals surface area (Å²) in [4.78, 5) is 16.4. The van der Waals surface area contributed by atoms with Crippen LogP contribution in [-0.4, -0.2) is 32.2 Å². The van der Waals surface area contributed by atoms with Crippen LogP contribution in [0.3, 0.4) is 0 Å². The average Bonchev–Trinajstić information content (AvgIpc) is 2.92. The summed E-state index contributed by atoms with van der Waals surface area (Å²) < 4.78 is 30.2. The fraction of sp³-hybridized carbons (Fsp3) is 0.333. The zero-order valence-corrected chi connectivity index (χ0v) is 14.6. The Morgan fingerprint density at radius 3 is 3.00 bits per heavy atom. The van der Waals surface area contributed by atoms with Crippen molar-refractivity contribution in [2.75, 3.05) is 17.6 Å². The van der Waals surface area contributed by atoms with Gasteiger partial charge in [-0.05, 0) is 6.07 Å². The first-order valence-corrected chi connectivity index (χ1v) is 10.1. The first-order valence-electron chi connectivity index (χ1n) is 7.34. The van der Waals surface area contributed by atoms with Crippen LogP contribution in [0.5, 0.6) is 5.75 Å². The summed E-state index contributed by atoms with van der Waals surface area (Å²) in [6.45, 7) is 0.557. The van der Waals surface area contributed by atoms with Gasteiger partial charge in [0.15, 0.2) is 5.13 Å². The van der Waals surface area contributed by atoms with Gasteiger partial charge in [-0.3, -0.25) is 9.52 Å². The number of anilines is 1. The van der Waals surface area contributed by atoms with Crippen molar-refractivity contribution in [2.45, 2.75) is 18.9 Å². The van der Waals surface area contributed by atoms with E-state index in [1.54, 1.807) is 5.38 Å². The number of carbonyl (C=O) groups is 1. The summed E-state index contributed by atoms with van der Waals surface area (Å²) in [7, 11) is -3.36. The number of ether oxygens (including phenoxy) is 1. The highest BCUT2D eigenvalue weighted by Gasteiger charge is 2.23. The van der Waals surface area contributed by atoms with Crippen LogP contribution >= 0.6 is 11.3 Å². The number of benzene rings is 1. The Hall–Kier alpha value is -2.13. The standard InChI is InChI=1S/C15H17N3O4S2/c1-24(20,21)18-15-16-10(9-23-15)8-14(19)17-12-6-7-22-13-5-3-2-4-11(12)13/h2-5,9,12H,6-8H2,1H3,(H,16,18)(H,17,19)/t12-/m0/s1. The van der Waals surface area contributed by atoms with Gasteiger partial charge in [0.05, 0.1) is 31.0 Å². The van der Waals surface area contributed by atoms with Crippen molar-refractivity contribution in [3.8, 4) is 5.75 Å². The van der Waals surface area contributed by atoms with Gasteiger partial charge in [-0.15, -0.1) is 11.3 Å². The topological polar surface area (TPSA) is 97.4 Å². The van der Waals surface area contributed by atoms with Gasteiger partial charge in [-0.1, -0.05) is 18.2 Å². The summed E-state index contributed by atoms with van der Waals surface area (Å²) in [5.41, 5.74) is 1.50. The third kappa shape index (κ3) is 4.24. The molecule has 0 saturated carbocycles. The molecule has 1 aromatic heterocycles. The van der Waals surface area contributed by atoms with Crippen LogP contribution in [0.1, 0.15) is 23.7 Å². The van der Waals surface area contributed by atoms with E-state index >= 15 is 0 Å². The minimum Gasteiger partial charge on any atom is -0.493 e. The molecule has 0 aliphatic carbocycles. The monoisotopic (exact) mass is 367 g/mol. The van der Waals surface area contributed by atoms with Gasteiger partial charge in [-0.25, -0.2) is 13.4 Å². The maximum atomic E-state index is 12.3. The van der Waals surface area contributed by atoms with Crippen LogP contribution in [0.15, 0.2) is 29.6 Å². The van der Waals surface area contributed by atoms with Crippen LogP contribution in [0.25, 0.3) is 0 Å². The largest absolute Gasteiger partial charge is 0.493 e. The normalized spacial score (nSPS) is 16.8. The van der Waals surface area contributed by atoms with Crippen LogP contribution in [-0.2, 0) is 21.2 Å². The Labute approximate surface area is 144 Å². The molecule has 128 valence electrons. The number of hydrogen-bond acceptors (Lipinski definition) is 6. The second kappa shape index (κ2) is 6.78. The van der Waals surface area contributed by atoms with Crippen molar-refractivity contribution in [3.05, 3.63) is 40.9 Å². The Kier molecular flexibility index (Phi) is 4.72. The van der Waals surface area contributed by atoms with Gasteiger partial charge in [-0.2, -0.15) is 0 Å². The summed E-state index contributed by atoms with van der Waals surface area (Å²) in [5, 5.41) is 4.92. The van der Waals surface area contributed by atoms with E-state index in [1.807, 2.05) is 24.3 Å². The van der Waals surface area contributed by atoms with E-state index in [9.17, 15) is 13.2 Å². The molecule has 3 rings (SSSR count). The van der Waals surface area contributed by atoms with E-state index < -0.39 is 10.0 Å². The number of nitrogens with one attached hydrogen (secondary N) is 2. The van der Waals surface area contributed by atoms with E-state index in [2.05, 4.69) is 15.0 Å². The lowest BCUT2D eigenvalue weighted by Gasteiger charge is -2.26. The maximum absolute atomic E-state index is 12.3. The summed E-state index contributed by atoms with van der Waals surface area (Å²) in [6, 6.07) is 7.55. The predicted molar refractivity (Wildman–Crippen MR) is 91.7 cm³/mol. The van der Waals surface area contributed by atoms with Gasteiger partial charge in [0.1, 0.15) is 5.75 Å². The molecule has 0 bridgehead atoms. The molecule has 1 amide bonds. The van der Waals surface area contributed by atoms with Crippen molar-refractivity contribution in [1.82, 2.24) is 10.3 Å². The molecular formula is C15H17N3O4S2. The maximum Gasteiger partial charge on any atom is 0.231 e. The number of hydrogen-bond donors (Lipinski definition) is 2. The molecule has 2 heterocycles. The van der Waals surface area contributed by atoms with Crippen molar-refractivity contribution in [3.63, 3.8) is 0 Å². The molecule has 0 spiro atoms. The molecule has 24 heavy (non-hydrogen) atoms. The summed E-state index contributed by atoms with van der Waals surface area (Å²) in [6.07, 6.45) is 1.87. The number of nitrogens with zero attached hydrogens (tertiary/aromatic N) is 1. The van der Waals surface area contributed by atoms with Gasteiger partial charge >= 0.3 is 0 Å². The van der Waals surface area contributed by atoms with E-state index in [1.165, 1.54) is 0 Å². The molecule has 0 unspecified atom stereocenters. The molecular weight excluding hydrogens is 350 g/mol. The Bertz CT molecular complexity index is 848. The van der Waals surface area contributed by atoms with Crippen LogP contribution in [0.4, 0.5) is 5.13 Å². The van der Waals surface area contributed by atoms with Crippen molar-refractivity contribution in [2.24, 2.45) is 0 Å². The third-order valence-corrected chi connectivity index (χ3v) is 4.96. The van der Waals surface area contributed by atoms with Crippen LogP contribution in [0.2, 0.25) is 0 Å². The molecule has 2 aromatic rings. The molecule has 1 aliphatic heterocycles. The zero-order chi connectivity index (χ0) is 17.2. The fourth-order valence-electron chi connectivity index (χ4n) is 2.50. The number of thiazole rings is 1. The molecule has 9 heteroatoms. The number of aromatic nitrogens is 1. The molecule has 1 aliphatic rings. The van der Waals surface area contributed by atoms with E-state index in [-0.39, 0.29) is 23.5 Å². The quantitative estimate of drug-likeness (QED) is 0.838. The number of amides is 1. The summed E-state index contributed by atoms with van der Waals surface area (Å²) >= 11 is 1.15. The van der Waals surface area contributed by atoms with Crippen molar-refractivity contribution >= 4 is 32.4 Å². The first-order chi connectivity index (χ1) is 11.4. The van der Waals surface area contributed by atoms with E-state index in [0.29, 0.717) is 18.7 Å². The highest BCUT2D eigenvalue weighted by atomic mass is 32.2. The second-order valence-electron chi connectivity index (χ2n) is 5.49. The predicted octanol–water partition coefficient (Wildman–Crippen LogP) is 1.70. The molecule has 7 nitrogen and oxygen atoms in total. The van der Waals surface area contributed by atoms with Crippen molar-refractivity contribution < 1.29 is 17.9 Å². The number of fused-ring (bicyclic) bond motifs is 1. The van der Waals surface area contributed by atoms with Gasteiger partial charge < -0.3 is 10.1 Å². The highest BCUT2D eigenvalue weighted by molar-refractivity contribution is 7.92. The lowest BCUT2D eigenvalue weighted by atomic mass is 10.0. The lowest BCUT2D eigenvalue weighted by Crippen LogP contribution is -2.33. The van der Waals surface area contributed by atoms with E-state index in [4.69, 9.17) is 4.74 Å². The highest BCUT2D eigenvalue weighted by Crippen LogP contribution is 2.31. The second-order valence-corrected chi connectivity index (χ2v) is 8.10. The average molecular weight is 367 g/mol. The number of sulfonamides is 1. The van der Waals surface area contributed by atoms with E-state index in [0.717, 1.165) is 28.9 Å². The molecule has 1 aromatic carbocycles. The number of carbonyl (C=O) groups excluding carboxylic acids is 1. The zero-order valence-electron chi connectivity index (χ0n) is 13.0. The fourth-order valence-corrected chi connectivity index (χ4v) is 4.06. The van der Waals surface area contributed by atoms with Crippen molar-refractivity contribution in [1.29, 1.82) is 0 Å². The van der Waals surface area contributed by atoms with Gasteiger partial charge in [0, 0.05) is 17.4 Å². The summed E-state index contributed by atoms with van der Waals surface area (Å²) in [5.74, 6) is 0.634. The Balaban J connectivity index is 1.63. The number of para-hydroxylation sites is 1. The first kappa shape index (κ1) is 16.7. The van der Waals surface area contributed by atoms with Gasteiger partial charge in [0.25, 0.3) is 0 Å². The molecule has 2 N–H and O–H groups in total. The minimum absolute atomic E-state index is 0.0882. The molecule has 0 radical (unpaired) electrons. The molecule has 0 fully saturated rings. The smallest absolute Gasteiger partial charge is 0.231 e. The third-order valence-electron chi connectivity index (χ3n) is 3.46. The van der Waals surface area contributed by atoms with Crippen LogP contribution in [0, 0.1) is 0 Å². The Morgan fingerprint density at radius 2 is 2.21 bits per heavy atom. The Morgan fingerprint density at radius 1 is 1.42 bits per heavy atom. The lowest BCUT2D eigenvalue weighted by molar-refractivity contribution is -0.121. The SMILES string of the molecule is CS(=O)(=O)Nc1nc(CC(=O)N[C@H]2CCOc3ccccc32)cs1. The van der Waals surface area contributed by atoms with Crippen LogP contribution < -0.4 is 14.8 Å². The van der Waals surface area contributed by atoms with Gasteiger partial charge in [0.2, 0.25) is 15.9 Å². The minimum atomic E-state index is -3.36. The number of rotatable bonds is 5.